The van der Waals surface area contributed by atoms with Crippen LogP contribution in [0.5, 0.6) is 0 Å². The van der Waals surface area contributed by atoms with Crippen LogP contribution in [0.2, 0.25) is 0 Å². The number of carbonyl (C=O) groups is 2. The van der Waals surface area contributed by atoms with Crippen LogP contribution in [-0.2, 0) is 4.79 Å². The maximum Gasteiger partial charge on any atom is 0.315 e. The lowest BCUT2D eigenvalue weighted by molar-refractivity contribution is -0.132. The molecule has 3 spiro atoms. The van der Waals surface area contributed by atoms with E-state index in [1.165, 1.54) is 51.6 Å². The maximum atomic E-state index is 11.5. The summed E-state index contributed by atoms with van der Waals surface area (Å²) in [7, 11) is 2.18. The standard InChI is InChI=1S/C11H20N2O.C10H19N3O.C10H17N3.4C2H6/c1-3-12-8-6-11(9-12)5-4-7-13(11)10(2)14;1-2-12-7-5-10(8-12)4-3-6-13(10)9(11)14;1-12-7-4-10(9-12)3-2-6-13(10)8-5-11;4*1-2/h3-9H2,1-2H3;2-8H2,1H3,(H2,11,14);2-4,6-9H2,1H3;4*1-2H3. The number of primary amides is 1. The minimum atomic E-state index is -0.236. The summed E-state index contributed by atoms with van der Waals surface area (Å²) >= 11 is 0. The molecule has 6 aliphatic heterocycles. The fourth-order valence-electron chi connectivity index (χ4n) is 8.83. The molecule has 6 aliphatic rings. The van der Waals surface area contributed by atoms with E-state index in [9.17, 15) is 9.59 Å². The summed E-state index contributed by atoms with van der Waals surface area (Å²) in [5, 5.41) is 8.73. The Kier molecular flexibility index (Phi) is 23.3. The lowest BCUT2D eigenvalue weighted by atomic mass is 9.95. The van der Waals surface area contributed by atoms with E-state index >= 15 is 0 Å². The van der Waals surface area contributed by atoms with Crippen molar-refractivity contribution < 1.29 is 9.59 Å². The Balaban J connectivity index is 0.000000639. The Hall–Kier alpha value is -1.93. The van der Waals surface area contributed by atoms with Gasteiger partial charge in [0.05, 0.1) is 23.7 Å². The number of nitrogens with two attached hydrogens (primary N) is 1. The van der Waals surface area contributed by atoms with Crippen LogP contribution in [-0.4, -0.2) is 144 Å². The van der Waals surface area contributed by atoms with Crippen LogP contribution in [0.1, 0.15) is 134 Å². The van der Waals surface area contributed by atoms with Gasteiger partial charge in [0.1, 0.15) is 0 Å². The monoisotopic (exact) mass is 693 g/mol. The number of carbonyl (C=O) groups excluding carboxylic acids is 2. The molecule has 3 amide bonds. The zero-order valence-electron chi connectivity index (χ0n) is 34.4. The van der Waals surface area contributed by atoms with E-state index in [-0.39, 0.29) is 23.0 Å². The van der Waals surface area contributed by atoms with Crippen molar-refractivity contribution >= 4 is 11.9 Å². The Morgan fingerprint density at radius 2 is 1.06 bits per heavy atom. The number of likely N-dealkylation sites (N-methyl/N-ethyl adjacent to an activating group) is 3. The van der Waals surface area contributed by atoms with E-state index in [0.717, 1.165) is 78.2 Å². The first-order chi connectivity index (χ1) is 23.6. The molecule has 0 aromatic carbocycles. The van der Waals surface area contributed by atoms with Crippen LogP contribution in [0.4, 0.5) is 4.79 Å². The van der Waals surface area contributed by atoms with Crippen molar-refractivity contribution in [3.05, 3.63) is 0 Å². The second-order valence-electron chi connectivity index (χ2n) is 13.4. The molecule has 3 unspecified atom stereocenters. The Morgan fingerprint density at radius 3 is 1.45 bits per heavy atom. The quantitative estimate of drug-likeness (QED) is 0.337. The van der Waals surface area contributed by atoms with Crippen molar-refractivity contribution in [1.29, 1.82) is 5.26 Å². The summed E-state index contributed by atoms with van der Waals surface area (Å²) in [6, 6.07) is 2.05. The molecular formula is C39H80N8O2. The van der Waals surface area contributed by atoms with Crippen molar-refractivity contribution in [2.45, 2.75) is 151 Å². The first-order valence-electron chi connectivity index (χ1n) is 20.2. The molecule has 0 bridgehead atoms. The Morgan fingerprint density at radius 1 is 0.633 bits per heavy atom. The summed E-state index contributed by atoms with van der Waals surface area (Å²) in [4.78, 5) is 36.4. The molecule has 0 radical (unpaired) electrons. The number of nitrogens with zero attached hydrogens (tertiary/aromatic N) is 7. The summed E-state index contributed by atoms with van der Waals surface area (Å²) in [6.07, 6.45) is 10.7. The molecular weight excluding hydrogens is 612 g/mol. The largest absolute Gasteiger partial charge is 0.351 e. The van der Waals surface area contributed by atoms with Crippen molar-refractivity contribution in [3.8, 4) is 6.07 Å². The highest BCUT2D eigenvalue weighted by Crippen LogP contribution is 2.39. The van der Waals surface area contributed by atoms with Gasteiger partial charge in [-0.15, -0.1) is 0 Å². The van der Waals surface area contributed by atoms with E-state index < -0.39 is 0 Å². The molecule has 288 valence electrons. The van der Waals surface area contributed by atoms with Crippen LogP contribution >= 0.6 is 0 Å². The van der Waals surface area contributed by atoms with Crippen LogP contribution in [0.25, 0.3) is 0 Å². The lowest BCUT2D eigenvalue weighted by Gasteiger charge is -2.34. The van der Waals surface area contributed by atoms with Gasteiger partial charge in [0.2, 0.25) is 5.91 Å². The number of urea groups is 1. The van der Waals surface area contributed by atoms with Crippen molar-refractivity contribution in [3.63, 3.8) is 0 Å². The van der Waals surface area contributed by atoms with E-state index in [1.54, 1.807) is 6.92 Å². The molecule has 10 nitrogen and oxygen atoms in total. The molecule has 2 N–H and O–H groups in total. The third kappa shape index (κ3) is 12.4. The highest BCUT2D eigenvalue weighted by molar-refractivity contribution is 5.74. The highest BCUT2D eigenvalue weighted by Gasteiger charge is 2.48. The lowest BCUT2D eigenvalue weighted by Crippen LogP contribution is -2.51. The maximum absolute atomic E-state index is 11.5. The predicted molar refractivity (Wildman–Crippen MR) is 208 cm³/mol. The Bertz CT molecular complexity index is 910. The second-order valence-corrected chi connectivity index (χ2v) is 13.4. The van der Waals surface area contributed by atoms with Gasteiger partial charge in [-0.2, -0.15) is 5.26 Å². The van der Waals surface area contributed by atoms with E-state index in [0.29, 0.717) is 12.1 Å². The minimum Gasteiger partial charge on any atom is -0.351 e. The van der Waals surface area contributed by atoms with Gasteiger partial charge in [-0.3, -0.25) is 9.69 Å². The van der Waals surface area contributed by atoms with Crippen molar-refractivity contribution in [2.75, 3.05) is 85.6 Å². The minimum absolute atomic E-state index is 0.0852. The molecule has 6 heterocycles. The molecule has 0 aromatic heterocycles. The average molecular weight is 693 g/mol. The Labute approximate surface area is 303 Å². The zero-order chi connectivity index (χ0) is 37.7. The smallest absolute Gasteiger partial charge is 0.315 e. The van der Waals surface area contributed by atoms with Gasteiger partial charge in [-0.1, -0.05) is 69.2 Å². The zero-order valence-corrected chi connectivity index (χ0v) is 34.4. The van der Waals surface area contributed by atoms with Crippen molar-refractivity contribution in [2.24, 2.45) is 5.73 Å². The summed E-state index contributed by atoms with van der Waals surface area (Å²) in [5.74, 6) is 0.264. The first kappa shape index (κ1) is 47.1. The number of hydrogen-bond donors (Lipinski definition) is 1. The van der Waals surface area contributed by atoms with Crippen LogP contribution in [0.3, 0.4) is 0 Å². The summed E-state index contributed by atoms with van der Waals surface area (Å²) in [6.45, 7) is 34.6. The van der Waals surface area contributed by atoms with E-state index in [4.69, 9.17) is 11.0 Å². The van der Waals surface area contributed by atoms with Gasteiger partial charge >= 0.3 is 6.03 Å². The molecule has 0 aromatic rings. The van der Waals surface area contributed by atoms with Gasteiger partial charge < -0.3 is 30.2 Å². The first-order valence-corrected chi connectivity index (χ1v) is 20.2. The van der Waals surface area contributed by atoms with Gasteiger partial charge in [0.15, 0.2) is 0 Å². The topological polar surface area (TPSA) is 103 Å². The fourth-order valence-corrected chi connectivity index (χ4v) is 8.83. The number of nitriles is 1. The van der Waals surface area contributed by atoms with Crippen LogP contribution in [0.15, 0.2) is 0 Å². The SMILES string of the molecule is CC.CC.CC.CC.CCN1CCC2(CCCN2C(C)=O)C1.CCN1CCC2(CCCN2C(N)=O)C1.CN1CCC2(CCCN2CC#N)C1. The molecule has 10 heteroatoms. The number of amides is 3. The molecule has 6 rings (SSSR count). The van der Waals surface area contributed by atoms with Gasteiger partial charge in [-0.05, 0) is 91.0 Å². The average Bonchev–Trinajstić information content (AvgIpc) is 4.00. The number of likely N-dealkylation sites (tertiary alicyclic amines) is 6. The third-order valence-corrected chi connectivity index (χ3v) is 11.1. The predicted octanol–water partition coefficient (Wildman–Crippen LogP) is 6.50. The van der Waals surface area contributed by atoms with E-state index in [1.807, 2.05) is 60.3 Å². The van der Waals surface area contributed by atoms with Crippen molar-refractivity contribution in [1.82, 2.24) is 29.4 Å². The highest BCUT2D eigenvalue weighted by atomic mass is 16.2. The van der Waals surface area contributed by atoms with E-state index in [2.05, 4.69) is 51.5 Å². The van der Waals surface area contributed by atoms with Crippen LogP contribution in [0, 0.1) is 11.3 Å². The van der Waals surface area contributed by atoms with Gasteiger partial charge in [0, 0.05) is 58.3 Å². The fraction of sp³-hybridized carbons (Fsp3) is 0.923. The molecule has 6 fully saturated rings. The second kappa shape index (κ2) is 24.3. The summed E-state index contributed by atoms with van der Waals surface area (Å²) < 4.78 is 0. The normalized spacial score (nSPS) is 28.9. The molecule has 0 aliphatic carbocycles. The van der Waals surface area contributed by atoms with Gasteiger partial charge in [-0.25, -0.2) is 4.79 Å². The number of rotatable bonds is 3. The molecule has 3 atom stereocenters. The molecule has 0 saturated carbocycles. The molecule has 6 saturated heterocycles. The molecule has 49 heavy (non-hydrogen) atoms. The van der Waals surface area contributed by atoms with Crippen LogP contribution < -0.4 is 5.73 Å². The summed E-state index contributed by atoms with van der Waals surface area (Å²) in [5.41, 5.74) is 6.07. The number of hydrogen-bond acceptors (Lipinski definition) is 7. The van der Waals surface area contributed by atoms with Gasteiger partial charge in [0.25, 0.3) is 0 Å². The third-order valence-electron chi connectivity index (χ3n) is 11.1.